The van der Waals surface area contributed by atoms with Crippen LogP contribution in [0.2, 0.25) is 0 Å². The highest BCUT2D eigenvalue weighted by atomic mass is 32.2. The second kappa shape index (κ2) is 20.8. The Morgan fingerprint density at radius 1 is 1.04 bits per heavy atom. The van der Waals surface area contributed by atoms with Crippen LogP contribution in [-0.4, -0.2) is 125 Å². The highest BCUT2D eigenvalue weighted by molar-refractivity contribution is 7.89. The van der Waals surface area contributed by atoms with E-state index >= 15 is 0 Å². The van der Waals surface area contributed by atoms with Crippen molar-refractivity contribution in [2.45, 2.75) is 87.3 Å². The lowest BCUT2D eigenvalue weighted by Crippen LogP contribution is -2.51. The minimum atomic E-state index is -3.59. The summed E-state index contributed by atoms with van der Waals surface area (Å²) in [6.07, 6.45) is 6.94. The van der Waals surface area contributed by atoms with Crippen molar-refractivity contribution in [3.63, 3.8) is 0 Å². The van der Waals surface area contributed by atoms with E-state index in [1.54, 1.807) is 19.2 Å². The van der Waals surface area contributed by atoms with Gasteiger partial charge < -0.3 is 36.4 Å². The fraction of sp³-hybridized carbons (Fsp3) is 0.727. The van der Waals surface area contributed by atoms with E-state index in [-0.39, 0.29) is 23.1 Å². The number of carbonyl (C=O) groups is 2. The van der Waals surface area contributed by atoms with E-state index in [4.69, 9.17) is 17.0 Å². The highest BCUT2D eigenvalue weighted by Crippen LogP contribution is 2.28. The van der Waals surface area contributed by atoms with Crippen LogP contribution < -0.4 is 26.6 Å². The number of amides is 2. The molecule has 1 saturated heterocycles. The van der Waals surface area contributed by atoms with E-state index in [2.05, 4.69) is 31.5 Å². The second-order valence-corrected chi connectivity index (χ2v) is 15.5. The van der Waals surface area contributed by atoms with Crippen LogP contribution >= 0.6 is 12.2 Å². The normalized spacial score (nSPS) is 18.0. The lowest BCUT2D eigenvalue weighted by atomic mass is 9.83. The van der Waals surface area contributed by atoms with Gasteiger partial charge in [0, 0.05) is 59.6 Å². The average molecular weight is 712 g/mol. The minimum absolute atomic E-state index is 0.0995. The number of nitrogens with zero attached hydrogens (tertiary/aromatic N) is 2. The van der Waals surface area contributed by atoms with Crippen LogP contribution in [-0.2, 0) is 24.3 Å². The molecule has 1 aliphatic heterocycles. The Hall–Kier alpha value is -2.56. The molecule has 1 aromatic rings. The number of carbonyl (C=O) groups excluding carboxylic acids is 2. The molecule has 0 unspecified atom stereocenters. The van der Waals surface area contributed by atoms with Gasteiger partial charge in [-0.3, -0.25) is 14.5 Å². The van der Waals surface area contributed by atoms with E-state index in [1.165, 1.54) is 32.6 Å². The van der Waals surface area contributed by atoms with E-state index in [0.717, 1.165) is 56.0 Å². The van der Waals surface area contributed by atoms with Crippen molar-refractivity contribution < 1.29 is 27.9 Å². The lowest BCUT2D eigenvalue weighted by Gasteiger charge is -2.31. The summed E-state index contributed by atoms with van der Waals surface area (Å²) in [5.74, 6) is -0.151. The number of sulfonamides is 1. The fourth-order valence-electron chi connectivity index (χ4n) is 6.13. The summed E-state index contributed by atoms with van der Waals surface area (Å²) in [7, 11) is 1.12. The SMILES string of the molecule is CNC(=S)NCCCC[C@H](Nc1ccc(S(=O)(=O)N(C)C)cc1)C(=O)N[C@@H](CC1CCCCC1)[C@@H](O)CC(=O)NCCN1CCOCC1. The zero-order chi connectivity index (χ0) is 34.9. The molecule has 2 amide bonds. The summed E-state index contributed by atoms with van der Waals surface area (Å²) in [5.41, 5.74) is 0.603. The number of hydrogen-bond acceptors (Lipinski definition) is 9. The Labute approximate surface area is 292 Å². The van der Waals surface area contributed by atoms with Crippen molar-refractivity contribution in [3.05, 3.63) is 24.3 Å². The zero-order valence-electron chi connectivity index (χ0n) is 28.8. The van der Waals surface area contributed by atoms with Crippen molar-refractivity contribution in [1.29, 1.82) is 0 Å². The molecule has 272 valence electrons. The molecule has 1 heterocycles. The Morgan fingerprint density at radius 3 is 2.38 bits per heavy atom. The molecule has 1 saturated carbocycles. The summed E-state index contributed by atoms with van der Waals surface area (Å²) in [4.78, 5) is 29.2. The molecule has 6 N–H and O–H groups in total. The first-order chi connectivity index (χ1) is 23.0. The predicted molar refractivity (Wildman–Crippen MR) is 192 cm³/mol. The molecule has 1 aromatic carbocycles. The largest absolute Gasteiger partial charge is 0.390 e. The molecule has 13 nitrogen and oxygen atoms in total. The van der Waals surface area contributed by atoms with Gasteiger partial charge in [0.15, 0.2) is 5.11 Å². The number of anilines is 1. The molecule has 0 radical (unpaired) electrons. The van der Waals surface area contributed by atoms with Gasteiger partial charge in [0.1, 0.15) is 6.04 Å². The average Bonchev–Trinajstić information content (AvgIpc) is 3.08. The van der Waals surface area contributed by atoms with E-state index < -0.39 is 28.2 Å². The Balaban J connectivity index is 1.68. The monoisotopic (exact) mass is 711 g/mol. The van der Waals surface area contributed by atoms with Gasteiger partial charge in [0.05, 0.1) is 36.7 Å². The van der Waals surface area contributed by atoms with Crippen LogP contribution in [0.15, 0.2) is 29.2 Å². The van der Waals surface area contributed by atoms with Crippen LogP contribution in [0, 0.1) is 5.92 Å². The number of rotatable bonds is 19. The van der Waals surface area contributed by atoms with Gasteiger partial charge in [0.2, 0.25) is 21.8 Å². The quantitative estimate of drug-likeness (QED) is 0.0914. The van der Waals surface area contributed by atoms with E-state index in [1.807, 2.05) is 0 Å². The van der Waals surface area contributed by atoms with Crippen LogP contribution in [0.1, 0.15) is 64.2 Å². The third-order valence-corrected chi connectivity index (χ3v) is 11.3. The van der Waals surface area contributed by atoms with Gasteiger partial charge >= 0.3 is 0 Å². The van der Waals surface area contributed by atoms with Crippen molar-refractivity contribution in [1.82, 2.24) is 30.5 Å². The van der Waals surface area contributed by atoms with Crippen molar-refractivity contribution >= 4 is 44.9 Å². The molecule has 2 fully saturated rings. The molecule has 48 heavy (non-hydrogen) atoms. The summed E-state index contributed by atoms with van der Waals surface area (Å²) in [6, 6.07) is 5.10. The lowest BCUT2D eigenvalue weighted by molar-refractivity contribution is -0.127. The number of aliphatic hydroxyl groups excluding tert-OH is 1. The maximum absolute atomic E-state index is 13.9. The molecular formula is C33H57N7O6S2. The van der Waals surface area contributed by atoms with Gasteiger partial charge in [-0.05, 0) is 68.1 Å². The zero-order valence-corrected chi connectivity index (χ0v) is 30.5. The van der Waals surface area contributed by atoms with Crippen LogP contribution in [0.3, 0.4) is 0 Å². The smallest absolute Gasteiger partial charge is 0.242 e. The Bertz CT molecular complexity index is 1240. The number of benzene rings is 1. The standard InChI is InChI=1S/C33H57N7O6S2/c1-34-33(47)36-16-8-7-11-28(37-26-12-14-27(15-13-26)48(44,45)39(2)3)32(43)38-29(23-25-9-5-4-6-10-25)30(41)24-31(42)35-17-18-40-19-21-46-22-20-40/h12-15,25,28-30,37,41H,4-11,16-24H2,1-3H3,(H,35,42)(H,38,43)(H2,34,36,47)/t28-,29-,30-/m0/s1. The van der Waals surface area contributed by atoms with Gasteiger partial charge in [0.25, 0.3) is 0 Å². The van der Waals surface area contributed by atoms with E-state index in [0.29, 0.717) is 62.3 Å². The van der Waals surface area contributed by atoms with Crippen LogP contribution in [0.25, 0.3) is 0 Å². The van der Waals surface area contributed by atoms with E-state index in [9.17, 15) is 23.1 Å². The third-order valence-electron chi connectivity index (χ3n) is 9.08. The molecule has 1 aliphatic carbocycles. The first kappa shape index (κ1) is 39.9. The van der Waals surface area contributed by atoms with Crippen molar-refractivity contribution in [3.8, 4) is 0 Å². The summed E-state index contributed by atoms with van der Waals surface area (Å²) in [6.45, 7) is 4.91. The van der Waals surface area contributed by atoms with Crippen molar-refractivity contribution in [2.75, 3.05) is 72.4 Å². The number of thiocarbonyl (C=S) groups is 1. The van der Waals surface area contributed by atoms with Gasteiger partial charge in [-0.25, -0.2) is 12.7 Å². The van der Waals surface area contributed by atoms with Gasteiger partial charge in [-0.2, -0.15) is 0 Å². The summed E-state index contributed by atoms with van der Waals surface area (Å²) < 4.78 is 31.7. The maximum Gasteiger partial charge on any atom is 0.242 e. The maximum atomic E-state index is 13.9. The molecule has 0 bridgehead atoms. The first-order valence-electron chi connectivity index (χ1n) is 17.3. The fourth-order valence-corrected chi connectivity index (χ4v) is 7.13. The Kier molecular flexibility index (Phi) is 17.3. The number of hydrogen-bond donors (Lipinski definition) is 6. The molecule has 15 heteroatoms. The molecule has 3 rings (SSSR count). The molecule has 3 atom stereocenters. The van der Waals surface area contributed by atoms with Crippen LogP contribution in [0.4, 0.5) is 5.69 Å². The molecule has 2 aliphatic rings. The first-order valence-corrected chi connectivity index (χ1v) is 19.1. The van der Waals surface area contributed by atoms with Gasteiger partial charge in [-0.15, -0.1) is 0 Å². The number of aliphatic hydroxyl groups is 1. The third kappa shape index (κ3) is 13.7. The molecular weight excluding hydrogens is 655 g/mol. The van der Waals surface area contributed by atoms with Crippen molar-refractivity contribution in [2.24, 2.45) is 5.92 Å². The summed E-state index contributed by atoms with van der Waals surface area (Å²) in [5, 5.41) is 27.2. The number of morpholine rings is 1. The summed E-state index contributed by atoms with van der Waals surface area (Å²) >= 11 is 5.16. The number of ether oxygens (including phenoxy) is 1. The topological polar surface area (TPSA) is 164 Å². The number of unbranched alkanes of at least 4 members (excludes halogenated alkanes) is 1. The highest BCUT2D eigenvalue weighted by Gasteiger charge is 2.30. The minimum Gasteiger partial charge on any atom is -0.390 e. The predicted octanol–water partition coefficient (Wildman–Crippen LogP) is 1.64. The molecule has 0 aromatic heterocycles. The van der Waals surface area contributed by atoms with Crippen LogP contribution in [0.5, 0.6) is 0 Å². The Morgan fingerprint density at radius 2 is 1.73 bits per heavy atom. The van der Waals surface area contributed by atoms with Gasteiger partial charge in [-0.1, -0.05) is 32.1 Å². The second-order valence-electron chi connectivity index (χ2n) is 12.9. The number of nitrogens with one attached hydrogen (secondary N) is 5. The molecule has 0 spiro atoms.